The highest BCUT2D eigenvalue weighted by Crippen LogP contribution is 2.17. The van der Waals surface area contributed by atoms with Gasteiger partial charge in [0.25, 0.3) is 0 Å². The molecular formula is C15H15FN2O2S. The van der Waals surface area contributed by atoms with Gasteiger partial charge in [-0.25, -0.2) is 4.39 Å². The van der Waals surface area contributed by atoms with E-state index in [2.05, 4.69) is 5.32 Å². The van der Waals surface area contributed by atoms with Gasteiger partial charge in [-0.2, -0.15) is 0 Å². The fraction of sp³-hybridized carbons (Fsp3) is 0.133. The van der Waals surface area contributed by atoms with Crippen molar-refractivity contribution in [3.63, 3.8) is 0 Å². The van der Waals surface area contributed by atoms with E-state index in [9.17, 15) is 4.39 Å². The molecule has 0 aromatic heterocycles. The van der Waals surface area contributed by atoms with E-state index in [1.807, 2.05) is 0 Å². The van der Waals surface area contributed by atoms with Gasteiger partial charge >= 0.3 is 0 Å². The van der Waals surface area contributed by atoms with E-state index in [0.717, 1.165) is 5.69 Å². The van der Waals surface area contributed by atoms with Crippen LogP contribution in [0.15, 0.2) is 48.5 Å². The van der Waals surface area contributed by atoms with Crippen LogP contribution in [0.4, 0.5) is 10.1 Å². The number of hydrogen-bond donors (Lipinski definition) is 2. The van der Waals surface area contributed by atoms with Crippen molar-refractivity contribution in [3.05, 3.63) is 54.3 Å². The minimum atomic E-state index is -0.384. The minimum absolute atomic E-state index is 0.210. The van der Waals surface area contributed by atoms with Gasteiger partial charge in [-0.05, 0) is 48.6 Å². The van der Waals surface area contributed by atoms with Gasteiger partial charge in [-0.15, -0.1) is 0 Å². The summed E-state index contributed by atoms with van der Waals surface area (Å²) in [5.41, 5.74) is 6.16. The molecule has 110 valence electrons. The first kappa shape index (κ1) is 15.1. The Hall–Kier alpha value is -2.34. The first-order valence-electron chi connectivity index (χ1n) is 6.32. The van der Waals surface area contributed by atoms with Crippen LogP contribution >= 0.6 is 12.2 Å². The van der Waals surface area contributed by atoms with Crippen molar-refractivity contribution < 1.29 is 13.9 Å². The molecule has 3 N–H and O–H groups in total. The fourth-order valence-electron chi connectivity index (χ4n) is 1.65. The Labute approximate surface area is 127 Å². The summed E-state index contributed by atoms with van der Waals surface area (Å²) in [6, 6.07) is 13.4. The predicted octanol–water partition coefficient (Wildman–Crippen LogP) is 2.94. The molecule has 0 heterocycles. The van der Waals surface area contributed by atoms with E-state index >= 15 is 0 Å². The van der Waals surface area contributed by atoms with Gasteiger partial charge in [0.05, 0.1) is 0 Å². The molecule has 2 aromatic carbocycles. The molecule has 0 saturated heterocycles. The predicted molar refractivity (Wildman–Crippen MR) is 84.2 cm³/mol. The maximum absolute atomic E-state index is 13.3. The summed E-state index contributed by atoms with van der Waals surface area (Å²) in [7, 11) is 0. The highest BCUT2D eigenvalue weighted by molar-refractivity contribution is 7.80. The smallest absolute Gasteiger partial charge is 0.168 e. The average Bonchev–Trinajstić information content (AvgIpc) is 2.46. The summed E-state index contributed by atoms with van der Waals surface area (Å²) in [5.74, 6) is 0.517. The van der Waals surface area contributed by atoms with Crippen molar-refractivity contribution in [2.24, 2.45) is 5.73 Å². The number of ether oxygens (including phenoxy) is 2. The molecule has 2 rings (SSSR count). The summed E-state index contributed by atoms with van der Waals surface area (Å²) >= 11 is 4.74. The zero-order valence-corrected chi connectivity index (χ0v) is 12.0. The number of nitrogens with two attached hydrogens (primary N) is 1. The van der Waals surface area contributed by atoms with Crippen LogP contribution in [0.1, 0.15) is 0 Å². The van der Waals surface area contributed by atoms with Crippen molar-refractivity contribution in [1.29, 1.82) is 0 Å². The molecule has 0 saturated carbocycles. The summed E-state index contributed by atoms with van der Waals surface area (Å²) in [6.07, 6.45) is 0. The lowest BCUT2D eigenvalue weighted by Gasteiger charge is -2.09. The second kappa shape index (κ2) is 7.44. The lowest BCUT2D eigenvalue weighted by molar-refractivity contribution is 0.211. The zero-order valence-electron chi connectivity index (χ0n) is 11.2. The normalized spacial score (nSPS) is 9.95. The SMILES string of the molecule is NC(=S)Nc1ccc(OCCOc2ccccc2F)cc1. The molecule has 0 aliphatic rings. The van der Waals surface area contributed by atoms with Crippen LogP contribution in [0, 0.1) is 5.82 Å². The van der Waals surface area contributed by atoms with Crippen molar-refractivity contribution in [2.75, 3.05) is 18.5 Å². The van der Waals surface area contributed by atoms with Gasteiger partial charge in [-0.3, -0.25) is 0 Å². The molecule has 0 fully saturated rings. The molecule has 0 unspecified atom stereocenters. The highest BCUT2D eigenvalue weighted by atomic mass is 32.1. The summed E-state index contributed by atoms with van der Waals surface area (Å²) in [5, 5.41) is 3.02. The number of hydrogen-bond acceptors (Lipinski definition) is 3. The minimum Gasteiger partial charge on any atom is -0.490 e. The molecule has 4 nitrogen and oxygen atoms in total. The molecule has 2 aromatic rings. The van der Waals surface area contributed by atoms with Crippen molar-refractivity contribution in [3.8, 4) is 11.5 Å². The number of thiocarbonyl (C=S) groups is 1. The monoisotopic (exact) mass is 306 g/mol. The van der Waals surface area contributed by atoms with Crippen LogP contribution in [-0.2, 0) is 0 Å². The Morgan fingerprint density at radius 3 is 2.38 bits per heavy atom. The number of anilines is 1. The Morgan fingerprint density at radius 1 is 1.05 bits per heavy atom. The van der Waals surface area contributed by atoms with Crippen LogP contribution in [0.5, 0.6) is 11.5 Å². The van der Waals surface area contributed by atoms with E-state index in [1.165, 1.54) is 6.07 Å². The van der Waals surface area contributed by atoms with E-state index in [-0.39, 0.29) is 23.3 Å². The number of nitrogens with one attached hydrogen (secondary N) is 1. The molecule has 0 amide bonds. The molecule has 0 bridgehead atoms. The van der Waals surface area contributed by atoms with Crippen LogP contribution in [-0.4, -0.2) is 18.3 Å². The van der Waals surface area contributed by atoms with Gasteiger partial charge in [0.1, 0.15) is 19.0 Å². The third-order valence-corrected chi connectivity index (χ3v) is 2.67. The van der Waals surface area contributed by atoms with Gasteiger partial charge in [-0.1, -0.05) is 12.1 Å². The Kier molecular flexibility index (Phi) is 5.34. The van der Waals surface area contributed by atoms with Crippen LogP contribution in [0.2, 0.25) is 0 Å². The van der Waals surface area contributed by atoms with Crippen LogP contribution < -0.4 is 20.5 Å². The molecule has 21 heavy (non-hydrogen) atoms. The molecule has 0 atom stereocenters. The lowest BCUT2D eigenvalue weighted by Crippen LogP contribution is -2.18. The van der Waals surface area contributed by atoms with Gasteiger partial charge < -0.3 is 20.5 Å². The topological polar surface area (TPSA) is 56.5 Å². The van der Waals surface area contributed by atoms with Gasteiger partial charge in [0, 0.05) is 5.69 Å². The first-order chi connectivity index (χ1) is 10.1. The van der Waals surface area contributed by atoms with Crippen molar-refractivity contribution in [1.82, 2.24) is 0 Å². The Morgan fingerprint density at radius 2 is 1.71 bits per heavy atom. The number of para-hydroxylation sites is 1. The average molecular weight is 306 g/mol. The molecule has 0 radical (unpaired) electrons. The standard InChI is InChI=1S/C15H15FN2O2S/c16-13-3-1-2-4-14(13)20-10-9-19-12-7-5-11(6-8-12)18-15(17)21/h1-8H,9-10H2,(H3,17,18,21). The molecule has 0 aliphatic heterocycles. The van der Waals surface area contributed by atoms with Gasteiger partial charge in [0.15, 0.2) is 16.7 Å². The second-order valence-electron chi connectivity index (χ2n) is 4.14. The van der Waals surface area contributed by atoms with E-state index < -0.39 is 0 Å². The molecule has 0 aliphatic carbocycles. The summed E-state index contributed by atoms with van der Waals surface area (Å²) in [6.45, 7) is 0.574. The summed E-state index contributed by atoms with van der Waals surface area (Å²) < 4.78 is 24.1. The van der Waals surface area contributed by atoms with Crippen LogP contribution in [0.25, 0.3) is 0 Å². The summed E-state index contributed by atoms with van der Waals surface area (Å²) in [4.78, 5) is 0. The molecule has 6 heteroatoms. The Balaban J connectivity index is 1.76. The first-order valence-corrected chi connectivity index (χ1v) is 6.72. The quantitative estimate of drug-likeness (QED) is 0.635. The molecule has 0 spiro atoms. The van der Waals surface area contributed by atoms with E-state index in [1.54, 1.807) is 42.5 Å². The molecular weight excluding hydrogens is 291 g/mol. The van der Waals surface area contributed by atoms with Gasteiger partial charge in [0.2, 0.25) is 0 Å². The second-order valence-corrected chi connectivity index (χ2v) is 4.58. The third kappa shape index (κ3) is 4.92. The van der Waals surface area contributed by atoms with E-state index in [0.29, 0.717) is 12.4 Å². The fourth-order valence-corrected chi connectivity index (χ4v) is 1.77. The van der Waals surface area contributed by atoms with E-state index in [4.69, 9.17) is 27.4 Å². The zero-order chi connectivity index (χ0) is 15.1. The number of halogens is 1. The van der Waals surface area contributed by atoms with Crippen molar-refractivity contribution in [2.45, 2.75) is 0 Å². The maximum Gasteiger partial charge on any atom is 0.168 e. The highest BCUT2D eigenvalue weighted by Gasteiger charge is 2.01. The maximum atomic E-state index is 13.3. The Bertz CT molecular complexity index is 605. The third-order valence-electron chi connectivity index (χ3n) is 2.57. The number of rotatable bonds is 6. The number of benzene rings is 2. The van der Waals surface area contributed by atoms with Crippen molar-refractivity contribution >= 4 is 23.0 Å². The lowest BCUT2D eigenvalue weighted by atomic mass is 10.3. The largest absolute Gasteiger partial charge is 0.490 e. The van der Waals surface area contributed by atoms with Crippen LogP contribution in [0.3, 0.4) is 0 Å².